The number of hydrogen-bond donors (Lipinski definition) is 3. The Kier molecular flexibility index (Phi) is 6.09. The summed E-state index contributed by atoms with van der Waals surface area (Å²) < 4.78 is 0. The third-order valence-corrected chi connectivity index (χ3v) is 5.83. The SMILES string of the molecule is O=C1NC(C2CCCC2)C(C(=O)NCCCc2ccc(Cl)c(Cl)c2)=C1O. The first-order chi connectivity index (χ1) is 12.5. The van der Waals surface area contributed by atoms with Crippen molar-refractivity contribution < 1.29 is 14.7 Å². The molecular formula is C19H22Cl2N2O3. The van der Waals surface area contributed by atoms with E-state index in [1.54, 1.807) is 6.07 Å². The molecule has 7 heteroatoms. The van der Waals surface area contributed by atoms with E-state index in [1.165, 1.54) is 0 Å². The molecule has 1 saturated carbocycles. The van der Waals surface area contributed by atoms with Crippen molar-refractivity contribution in [2.24, 2.45) is 5.92 Å². The van der Waals surface area contributed by atoms with Gasteiger partial charge in [0.15, 0.2) is 5.76 Å². The number of amides is 2. The Morgan fingerprint density at radius 3 is 2.65 bits per heavy atom. The van der Waals surface area contributed by atoms with Gasteiger partial charge >= 0.3 is 0 Å². The summed E-state index contributed by atoms with van der Waals surface area (Å²) in [5.74, 6) is -1.14. The average molecular weight is 397 g/mol. The third kappa shape index (κ3) is 4.15. The van der Waals surface area contributed by atoms with Crippen LogP contribution in [0, 0.1) is 5.92 Å². The molecule has 1 unspecified atom stereocenters. The minimum atomic E-state index is -0.553. The molecule has 1 aromatic rings. The van der Waals surface area contributed by atoms with E-state index < -0.39 is 11.7 Å². The zero-order valence-electron chi connectivity index (χ0n) is 14.4. The molecule has 3 N–H and O–H groups in total. The second-order valence-corrected chi connectivity index (χ2v) is 7.68. The Balaban J connectivity index is 1.54. The second-order valence-electron chi connectivity index (χ2n) is 6.87. The first kappa shape index (κ1) is 19.1. The van der Waals surface area contributed by atoms with Gasteiger partial charge in [-0.3, -0.25) is 9.59 Å². The lowest BCUT2D eigenvalue weighted by Gasteiger charge is -2.20. The minimum absolute atomic E-state index is 0.191. The summed E-state index contributed by atoms with van der Waals surface area (Å²) in [5.41, 5.74) is 1.23. The van der Waals surface area contributed by atoms with Gasteiger partial charge in [-0.05, 0) is 49.3 Å². The molecule has 0 radical (unpaired) electrons. The van der Waals surface area contributed by atoms with Crippen LogP contribution in [0.25, 0.3) is 0 Å². The monoisotopic (exact) mass is 396 g/mol. The first-order valence-electron chi connectivity index (χ1n) is 8.93. The summed E-state index contributed by atoms with van der Waals surface area (Å²) in [7, 11) is 0. The molecular weight excluding hydrogens is 375 g/mol. The largest absolute Gasteiger partial charge is 0.503 e. The van der Waals surface area contributed by atoms with Crippen LogP contribution in [0.5, 0.6) is 0 Å². The quantitative estimate of drug-likeness (QED) is 0.643. The van der Waals surface area contributed by atoms with E-state index >= 15 is 0 Å². The number of carbonyl (C=O) groups is 2. The molecule has 1 heterocycles. The van der Waals surface area contributed by atoms with Crippen molar-refractivity contribution in [1.82, 2.24) is 10.6 Å². The van der Waals surface area contributed by atoms with Gasteiger partial charge in [0.05, 0.1) is 21.7 Å². The summed E-state index contributed by atoms with van der Waals surface area (Å²) in [6.07, 6.45) is 5.57. The highest BCUT2D eigenvalue weighted by Gasteiger charge is 2.41. The van der Waals surface area contributed by atoms with Crippen LogP contribution in [-0.4, -0.2) is 29.5 Å². The number of nitrogens with one attached hydrogen (secondary N) is 2. The molecule has 1 aliphatic heterocycles. The van der Waals surface area contributed by atoms with E-state index in [9.17, 15) is 14.7 Å². The lowest BCUT2D eigenvalue weighted by atomic mass is 9.92. The highest BCUT2D eigenvalue weighted by atomic mass is 35.5. The molecule has 0 saturated heterocycles. The predicted octanol–water partition coefficient (Wildman–Crippen LogP) is 3.54. The van der Waals surface area contributed by atoms with Gasteiger partial charge in [-0.25, -0.2) is 0 Å². The number of aliphatic hydroxyl groups excluding tert-OH is 1. The van der Waals surface area contributed by atoms with Crippen LogP contribution in [0.4, 0.5) is 0 Å². The van der Waals surface area contributed by atoms with E-state index in [4.69, 9.17) is 23.2 Å². The average Bonchev–Trinajstić information content (AvgIpc) is 3.24. The van der Waals surface area contributed by atoms with Gasteiger partial charge in [0.1, 0.15) is 0 Å². The van der Waals surface area contributed by atoms with Crippen LogP contribution in [0.2, 0.25) is 10.0 Å². The number of hydrogen-bond acceptors (Lipinski definition) is 3. The van der Waals surface area contributed by atoms with Crippen LogP contribution >= 0.6 is 23.2 Å². The van der Waals surface area contributed by atoms with Gasteiger partial charge in [-0.15, -0.1) is 0 Å². The zero-order chi connectivity index (χ0) is 18.7. The maximum Gasteiger partial charge on any atom is 0.287 e. The summed E-state index contributed by atoms with van der Waals surface area (Å²) in [6.45, 7) is 0.446. The predicted molar refractivity (Wildman–Crippen MR) is 101 cm³/mol. The second kappa shape index (κ2) is 8.31. The maximum atomic E-state index is 12.5. The van der Waals surface area contributed by atoms with E-state index in [0.29, 0.717) is 23.0 Å². The minimum Gasteiger partial charge on any atom is -0.503 e. The van der Waals surface area contributed by atoms with Crippen molar-refractivity contribution in [2.45, 2.75) is 44.6 Å². The number of aryl methyl sites for hydroxylation is 1. The van der Waals surface area contributed by atoms with Crippen LogP contribution in [-0.2, 0) is 16.0 Å². The maximum absolute atomic E-state index is 12.5. The van der Waals surface area contributed by atoms with Crippen LogP contribution in [0.15, 0.2) is 29.5 Å². The summed E-state index contributed by atoms with van der Waals surface area (Å²) in [4.78, 5) is 24.3. The molecule has 0 aromatic heterocycles. The Morgan fingerprint density at radius 1 is 1.23 bits per heavy atom. The van der Waals surface area contributed by atoms with Crippen LogP contribution in [0.1, 0.15) is 37.7 Å². The number of carbonyl (C=O) groups excluding carboxylic acids is 2. The normalized spacial score (nSPS) is 20.5. The fourth-order valence-electron chi connectivity index (χ4n) is 3.73. The van der Waals surface area contributed by atoms with Crippen molar-refractivity contribution in [3.63, 3.8) is 0 Å². The topological polar surface area (TPSA) is 78.4 Å². The highest BCUT2D eigenvalue weighted by Crippen LogP contribution is 2.33. The fourth-order valence-corrected chi connectivity index (χ4v) is 4.05. The molecule has 1 fully saturated rings. The lowest BCUT2D eigenvalue weighted by molar-refractivity contribution is -0.120. The van der Waals surface area contributed by atoms with Gasteiger partial charge in [-0.2, -0.15) is 0 Å². The number of benzene rings is 1. The van der Waals surface area contributed by atoms with Crippen molar-refractivity contribution in [3.8, 4) is 0 Å². The van der Waals surface area contributed by atoms with Crippen LogP contribution in [0.3, 0.4) is 0 Å². The molecule has 5 nitrogen and oxygen atoms in total. The van der Waals surface area contributed by atoms with Crippen molar-refractivity contribution in [2.75, 3.05) is 6.54 Å². The molecule has 1 atom stereocenters. The zero-order valence-corrected chi connectivity index (χ0v) is 15.9. The fraction of sp³-hybridized carbons (Fsp3) is 0.474. The molecule has 0 spiro atoms. The van der Waals surface area contributed by atoms with Crippen molar-refractivity contribution in [3.05, 3.63) is 45.1 Å². The molecule has 1 aliphatic carbocycles. The lowest BCUT2D eigenvalue weighted by Crippen LogP contribution is -2.39. The Morgan fingerprint density at radius 2 is 1.96 bits per heavy atom. The van der Waals surface area contributed by atoms with Gasteiger partial charge in [0, 0.05) is 6.54 Å². The number of rotatable bonds is 6. The third-order valence-electron chi connectivity index (χ3n) is 5.10. The van der Waals surface area contributed by atoms with Gasteiger partial charge < -0.3 is 15.7 Å². The molecule has 2 amide bonds. The summed E-state index contributed by atoms with van der Waals surface area (Å²) in [6, 6.07) is 5.10. The Bertz CT molecular complexity index is 742. The number of halogens is 2. The standard InChI is InChI=1S/C19H22Cl2N2O3/c20-13-8-7-11(10-14(13)21)4-3-9-22-18(25)15-16(12-5-1-2-6-12)23-19(26)17(15)24/h7-8,10,12,16,24H,1-6,9H2,(H,22,25)(H,23,26). The molecule has 0 bridgehead atoms. The van der Waals surface area contributed by atoms with Crippen molar-refractivity contribution >= 4 is 35.0 Å². The van der Waals surface area contributed by atoms with Crippen molar-refractivity contribution in [1.29, 1.82) is 0 Å². The van der Waals surface area contributed by atoms with Gasteiger partial charge in [0.2, 0.25) is 0 Å². The molecule has 26 heavy (non-hydrogen) atoms. The van der Waals surface area contributed by atoms with E-state index in [1.807, 2.05) is 12.1 Å². The van der Waals surface area contributed by atoms with Gasteiger partial charge in [0.25, 0.3) is 11.8 Å². The summed E-state index contributed by atoms with van der Waals surface area (Å²) in [5, 5.41) is 16.6. The molecule has 1 aromatic carbocycles. The molecule has 140 valence electrons. The number of aliphatic hydroxyl groups is 1. The van der Waals surface area contributed by atoms with E-state index in [0.717, 1.165) is 37.7 Å². The van der Waals surface area contributed by atoms with E-state index in [2.05, 4.69) is 10.6 Å². The Hall–Kier alpha value is -1.72. The van der Waals surface area contributed by atoms with Crippen LogP contribution < -0.4 is 10.6 Å². The summed E-state index contributed by atoms with van der Waals surface area (Å²) >= 11 is 11.9. The van der Waals surface area contributed by atoms with Gasteiger partial charge in [-0.1, -0.05) is 42.1 Å². The Labute approximate surface area is 162 Å². The smallest absolute Gasteiger partial charge is 0.287 e. The molecule has 2 aliphatic rings. The molecule has 3 rings (SSSR count). The highest BCUT2D eigenvalue weighted by molar-refractivity contribution is 6.42. The first-order valence-corrected chi connectivity index (χ1v) is 9.69. The van der Waals surface area contributed by atoms with E-state index in [-0.39, 0.29) is 23.4 Å².